The number of hydrazone groups is 1. The van der Waals surface area contributed by atoms with Crippen LogP contribution in [0.25, 0.3) is 0 Å². The zero-order chi connectivity index (χ0) is 20.8. The monoisotopic (exact) mass is 395 g/mol. The van der Waals surface area contributed by atoms with Gasteiger partial charge in [0.15, 0.2) is 0 Å². The molecule has 12 nitrogen and oxygen atoms in total. The van der Waals surface area contributed by atoms with Gasteiger partial charge in [-0.15, -0.1) is 0 Å². The van der Waals surface area contributed by atoms with Crippen molar-refractivity contribution in [3.63, 3.8) is 0 Å². The number of ether oxygens (including phenoxy) is 2. The minimum atomic E-state index is -2.26. The fourth-order valence-corrected chi connectivity index (χ4v) is 2.85. The number of nitrogens with zero attached hydrogens (tertiary/aromatic N) is 1. The summed E-state index contributed by atoms with van der Waals surface area (Å²) in [5.74, 6) is 1.33. The van der Waals surface area contributed by atoms with Crippen molar-refractivity contribution in [2.45, 2.75) is 68.7 Å². The summed E-state index contributed by atoms with van der Waals surface area (Å²) in [6, 6.07) is -1.16. The van der Waals surface area contributed by atoms with E-state index in [1.54, 1.807) is 6.92 Å². The largest absolute Gasteiger partial charge is 0.477 e. The highest BCUT2D eigenvalue weighted by molar-refractivity contribution is 5.81. The van der Waals surface area contributed by atoms with Crippen LogP contribution in [0.5, 0.6) is 0 Å². The fraction of sp³-hybridized carbons (Fsp3) is 0.867. The van der Waals surface area contributed by atoms with Gasteiger partial charge in [0.05, 0.1) is 18.8 Å². The van der Waals surface area contributed by atoms with Crippen LogP contribution in [0.3, 0.4) is 0 Å². The molecule has 9 N–H and O–H groups in total. The number of aliphatic hydroxyl groups excluding tert-OH is 5. The Bertz CT molecular complexity index is 521. The molecule has 158 valence electrons. The number of nitrogens with one attached hydrogen (secondary N) is 1. The first-order valence-corrected chi connectivity index (χ1v) is 8.40. The van der Waals surface area contributed by atoms with Gasteiger partial charge >= 0.3 is 5.97 Å². The highest BCUT2D eigenvalue weighted by Gasteiger charge is 2.55. The van der Waals surface area contributed by atoms with E-state index in [4.69, 9.17) is 20.4 Å². The molecule has 1 saturated heterocycles. The molecule has 0 saturated carbocycles. The smallest absolute Gasteiger partial charge is 0.364 e. The third-order valence-electron chi connectivity index (χ3n) is 4.53. The first-order chi connectivity index (χ1) is 12.6. The van der Waals surface area contributed by atoms with E-state index in [1.165, 1.54) is 0 Å². The second kappa shape index (κ2) is 10.2. The summed E-state index contributed by atoms with van der Waals surface area (Å²) in [6.45, 7) is 0.834. The van der Waals surface area contributed by atoms with Crippen LogP contribution in [0.15, 0.2) is 5.10 Å². The number of aliphatic carboxylic acids is 1. The van der Waals surface area contributed by atoms with E-state index in [1.807, 2.05) is 0 Å². The zero-order valence-corrected chi connectivity index (χ0v) is 15.2. The standard InChI is InChI=1S/C15H29N3O9/c1-7(18-16)3-4-10(22)17-11-8(20)5-15(26-2,14(24)25)27-13(11)12(23)9(21)6-19/h8-13,17,19-23H,3-6,16H2,1-2H3,(H,24,25)/b18-7-/t8-,9-,10?,11-,12-,13?,15-/m1/s1. The fourth-order valence-electron chi connectivity index (χ4n) is 2.85. The number of rotatable bonds is 10. The van der Waals surface area contributed by atoms with Crippen LogP contribution in [0, 0.1) is 0 Å². The maximum absolute atomic E-state index is 11.6. The Hall–Kier alpha value is -1.38. The molecule has 1 aliphatic rings. The van der Waals surface area contributed by atoms with E-state index in [-0.39, 0.29) is 6.42 Å². The van der Waals surface area contributed by atoms with Gasteiger partial charge in [-0.25, -0.2) is 4.79 Å². The van der Waals surface area contributed by atoms with Crippen molar-refractivity contribution < 1.29 is 44.9 Å². The maximum atomic E-state index is 11.6. The van der Waals surface area contributed by atoms with Gasteiger partial charge in [-0.3, -0.25) is 5.32 Å². The van der Waals surface area contributed by atoms with Crippen molar-refractivity contribution in [1.82, 2.24) is 5.32 Å². The van der Waals surface area contributed by atoms with Crippen molar-refractivity contribution in [2.75, 3.05) is 13.7 Å². The summed E-state index contributed by atoms with van der Waals surface area (Å²) in [6.07, 6.45) is -7.53. The highest BCUT2D eigenvalue weighted by Crippen LogP contribution is 2.33. The molecular formula is C15H29N3O9. The average Bonchev–Trinajstić information content (AvgIpc) is 2.65. The van der Waals surface area contributed by atoms with Crippen LogP contribution in [-0.4, -0.2) is 98.5 Å². The molecule has 7 atom stereocenters. The quantitative estimate of drug-likeness (QED) is 0.0794. The van der Waals surface area contributed by atoms with Crippen LogP contribution in [0.1, 0.15) is 26.2 Å². The molecule has 1 heterocycles. The summed E-state index contributed by atoms with van der Waals surface area (Å²) in [7, 11) is 1.06. The Morgan fingerprint density at radius 2 is 2.07 bits per heavy atom. The molecule has 0 amide bonds. The van der Waals surface area contributed by atoms with Crippen molar-refractivity contribution in [2.24, 2.45) is 10.9 Å². The summed E-state index contributed by atoms with van der Waals surface area (Å²) < 4.78 is 10.3. The van der Waals surface area contributed by atoms with Crippen LogP contribution >= 0.6 is 0 Å². The number of hydrogen-bond donors (Lipinski definition) is 8. The number of carboxylic acids is 1. The summed E-state index contributed by atoms with van der Waals surface area (Å²) in [5, 5.41) is 65.1. The van der Waals surface area contributed by atoms with Gasteiger partial charge in [0, 0.05) is 19.2 Å². The molecule has 0 spiro atoms. The van der Waals surface area contributed by atoms with E-state index in [0.29, 0.717) is 12.1 Å². The van der Waals surface area contributed by atoms with Crippen molar-refractivity contribution in [3.8, 4) is 0 Å². The Balaban J connectivity index is 3.03. The molecule has 0 radical (unpaired) electrons. The second-order valence-electron chi connectivity index (χ2n) is 6.47. The number of aliphatic hydroxyl groups is 5. The second-order valence-corrected chi connectivity index (χ2v) is 6.47. The lowest BCUT2D eigenvalue weighted by Crippen LogP contribution is -2.68. The van der Waals surface area contributed by atoms with Crippen LogP contribution < -0.4 is 11.2 Å². The topological polar surface area (TPSA) is 207 Å². The highest BCUT2D eigenvalue weighted by atomic mass is 16.7. The van der Waals surface area contributed by atoms with E-state index >= 15 is 0 Å². The number of hydrogen-bond acceptors (Lipinski definition) is 11. The Morgan fingerprint density at radius 3 is 2.56 bits per heavy atom. The number of nitrogens with two attached hydrogens (primary N) is 1. The van der Waals surface area contributed by atoms with Gasteiger partial charge < -0.3 is 46.0 Å². The minimum absolute atomic E-state index is 0.162. The minimum Gasteiger partial charge on any atom is -0.477 e. The molecule has 1 rings (SSSR count). The van der Waals surface area contributed by atoms with Gasteiger partial charge in [0.1, 0.15) is 24.5 Å². The molecular weight excluding hydrogens is 366 g/mol. The van der Waals surface area contributed by atoms with Crippen LogP contribution in [0.4, 0.5) is 0 Å². The van der Waals surface area contributed by atoms with E-state index in [9.17, 15) is 30.3 Å². The first kappa shape index (κ1) is 23.7. The normalized spacial score (nSPS) is 32.7. The molecule has 1 fully saturated rings. The molecule has 1 aliphatic heterocycles. The molecule has 0 aromatic carbocycles. The van der Waals surface area contributed by atoms with Gasteiger partial charge in [-0.2, -0.15) is 5.10 Å². The molecule has 0 bridgehead atoms. The predicted molar refractivity (Wildman–Crippen MR) is 91.4 cm³/mol. The van der Waals surface area contributed by atoms with Gasteiger partial charge in [-0.1, -0.05) is 0 Å². The zero-order valence-electron chi connectivity index (χ0n) is 15.2. The Labute approximate surface area is 156 Å². The molecule has 2 unspecified atom stereocenters. The van der Waals surface area contributed by atoms with Crippen LogP contribution in [-0.2, 0) is 14.3 Å². The predicted octanol–water partition coefficient (Wildman–Crippen LogP) is -3.33. The van der Waals surface area contributed by atoms with Gasteiger partial charge in [-0.05, 0) is 19.8 Å². The third kappa shape index (κ3) is 5.80. The van der Waals surface area contributed by atoms with E-state index in [0.717, 1.165) is 7.11 Å². The Kier molecular flexibility index (Phi) is 8.98. The first-order valence-electron chi connectivity index (χ1n) is 8.40. The van der Waals surface area contributed by atoms with Crippen molar-refractivity contribution in [3.05, 3.63) is 0 Å². The molecule has 0 aromatic rings. The lowest BCUT2D eigenvalue weighted by atomic mass is 9.88. The summed E-state index contributed by atoms with van der Waals surface area (Å²) in [5.41, 5.74) is 0.577. The summed E-state index contributed by atoms with van der Waals surface area (Å²) in [4.78, 5) is 11.6. The third-order valence-corrected chi connectivity index (χ3v) is 4.53. The van der Waals surface area contributed by atoms with Gasteiger partial charge in [0.2, 0.25) is 0 Å². The average molecular weight is 395 g/mol. The van der Waals surface area contributed by atoms with Crippen molar-refractivity contribution in [1.29, 1.82) is 0 Å². The lowest BCUT2D eigenvalue weighted by molar-refractivity contribution is -0.306. The van der Waals surface area contributed by atoms with E-state index < -0.39 is 61.5 Å². The molecule has 27 heavy (non-hydrogen) atoms. The Morgan fingerprint density at radius 1 is 1.44 bits per heavy atom. The number of carbonyl (C=O) groups is 1. The van der Waals surface area contributed by atoms with Gasteiger partial charge in [0.25, 0.3) is 5.79 Å². The number of methoxy groups -OCH3 is 1. The van der Waals surface area contributed by atoms with E-state index in [2.05, 4.69) is 10.4 Å². The summed E-state index contributed by atoms with van der Waals surface area (Å²) >= 11 is 0. The lowest BCUT2D eigenvalue weighted by Gasteiger charge is -2.46. The molecule has 12 heteroatoms. The molecule has 0 aliphatic carbocycles. The number of carboxylic acid groups (broad SMARTS) is 1. The van der Waals surface area contributed by atoms with Crippen LogP contribution in [0.2, 0.25) is 0 Å². The maximum Gasteiger partial charge on any atom is 0.364 e. The van der Waals surface area contributed by atoms with Crippen molar-refractivity contribution >= 4 is 11.7 Å². The molecule has 0 aromatic heterocycles. The SMILES string of the molecule is CO[C@]1(C(=O)O)C[C@@H](O)[C@@H](NC(O)CC/C(C)=N\N)C([C@H](O)[C@H](O)CO)O1.